The van der Waals surface area contributed by atoms with Gasteiger partial charge in [-0.1, -0.05) is 22.6 Å². The van der Waals surface area contributed by atoms with E-state index in [-0.39, 0.29) is 11.7 Å². The molecule has 0 bridgehead atoms. The van der Waals surface area contributed by atoms with E-state index < -0.39 is 0 Å². The van der Waals surface area contributed by atoms with Crippen LogP contribution in [-0.4, -0.2) is 48.1 Å². The number of rotatable bonds is 6. The second-order valence-electron chi connectivity index (χ2n) is 6.34. The highest BCUT2D eigenvalue weighted by Gasteiger charge is 2.24. The molecule has 0 atom stereocenters. The molecular formula is C18H22N4O2S. The summed E-state index contributed by atoms with van der Waals surface area (Å²) in [5.74, 6) is 0.0294. The summed E-state index contributed by atoms with van der Waals surface area (Å²) in [5.41, 5.74) is 3.31. The number of hydrogen-bond donors (Lipinski definition) is 0. The number of fused-ring (bicyclic) bond motifs is 1. The van der Waals surface area contributed by atoms with Crippen molar-refractivity contribution >= 4 is 32.6 Å². The minimum Gasteiger partial charge on any atom is -0.351 e. The van der Waals surface area contributed by atoms with Crippen LogP contribution in [0.2, 0.25) is 0 Å². The Morgan fingerprint density at radius 1 is 1.20 bits per heavy atom. The van der Waals surface area contributed by atoms with Crippen LogP contribution < -0.4 is 4.90 Å². The van der Waals surface area contributed by atoms with Gasteiger partial charge in [0.05, 0.1) is 16.4 Å². The molecule has 1 amide bonds. The molecule has 0 aliphatic rings. The van der Waals surface area contributed by atoms with E-state index in [1.165, 1.54) is 23.1 Å². The number of carbonyl (C=O) groups is 1. The molecule has 0 radical (unpaired) electrons. The van der Waals surface area contributed by atoms with Crippen molar-refractivity contribution in [2.24, 2.45) is 0 Å². The molecule has 3 rings (SSSR count). The molecule has 2 aromatic heterocycles. The summed E-state index contributed by atoms with van der Waals surface area (Å²) >= 11 is 1.53. The summed E-state index contributed by atoms with van der Waals surface area (Å²) in [7, 11) is 4.04. The number of thiazole rings is 1. The van der Waals surface area contributed by atoms with Gasteiger partial charge >= 0.3 is 0 Å². The van der Waals surface area contributed by atoms with Crippen molar-refractivity contribution in [3.05, 3.63) is 41.3 Å². The highest BCUT2D eigenvalue weighted by Crippen LogP contribution is 2.32. The molecule has 0 unspecified atom stereocenters. The normalized spacial score (nSPS) is 11.4. The molecule has 7 heteroatoms. The monoisotopic (exact) mass is 358 g/mol. The number of aryl methyl sites for hydroxylation is 2. The zero-order valence-corrected chi connectivity index (χ0v) is 15.8. The Hall–Kier alpha value is -2.25. The van der Waals surface area contributed by atoms with Crippen LogP contribution in [0.3, 0.4) is 0 Å². The van der Waals surface area contributed by atoms with Crippen LogP contribution in [0.5, 0.6) is 0 Å². The first-order valence-electron chi connectivity index (χ1n) is 8.21. The van der Waals surface area contributed by atoms with Crippen molar-refractivity contribution in [3.63, 3.8) is 0 Å². The summed E-state index contributed by atoms with van der Waals surface area (Å²) in [5, 5.41) is 4.35. The minimum atomic E-state index is -0.204. The Balaban J connectivity index is 1.95. The van der Waals surface area contributed by atoms with Crippen LogP contribution in [0, 0.1) is 13.8 Å². The van der Waals surface area contributed by atoms with Gasteiger partial charge in [-0.15, -0.1) is 0 Å². The molecule has 0 aliphatic heterocycles. The van der Waals surface area contributed by atoms with E-state index in [4.69, 9.17) is 9.51 Å². The highest BCUT2D eigenvalue weighted by molar-refractivity contribution is 7.22. The first kappa shape index (κ1) is 17.6. The molecule has 0 N–H and O–H groups in total. The second kappa shape index (κ2) is 7.33. The number of aromatic nitrogens is 2. The van der Waals surface area contributed by atoms with E-state index in [1.807, 2.05) is 14.1 Å². The van der Waals surface area contributed by atoms with Crippen LogP contribution in [-0.2, 0) is 0 Å². The number of anilines is 1. The van der Waals surface area contributed by atoms with E-state index >= 15 is 0 Å². The van der Waals surface area contributed by atoms with Crippen LogP contribution in [0.1, 0.15) is 28.1 Å². The van der Waals surface area contributed by atoms with Crippen molar-refractivity contribution in [3.8, 4) is 0 Å². The Morgan fingerprint density at radius 3 is 2.68 bits per heavy atom. The fraction of sp³-hybridized carbons (Fsp3) is 0.389. The third kappa shape index (κ3) is 3.72. The molecule has 1 aromatic carbocycles. The van der Waals surface area contributed by atoms with Crippen molar-refractivity contribution < 1.29 is 9.32 Å². The fourth-order valence-electron chi connectivity index (χ4n) is 2.62. The van der Waals surface area contributed by atoms with Gasteiger partial charge in [0.1, 0.15) is 0 Å². The van der Waals surface area contributed by atoms with Crippen molar-refractivity contribution in [2.75, 3.05) is 32.1 Å². The predicted octanol–water partition coefficient (Wildman–Crippen LogP) is 3.50. The summed E-state index contributed by atoms with van der Waals surface area (Å²) in [4.78, 5) is 21.4. The topological polar surface area (TPSA) is 62.5 Å². The Bertz CT molecular complexity index is 871. The maximum atomic E-state index is 12.9. The molecule has 2 heterocycles. The van der Waals surface area contributed by atoms with E-state index in [9.17, 15) is 4.79 Å². The molecular weight excluding hydrogens is 336 g/mol. The lowest BCUT2D eigenvalue weighted by atomic mass is 10.1. The molecule has 0 aliphatic carbocycles. The molecule has 132 valence electrons. The van der Waals surface area contributed by atoms with Crippen LogP contribution in [0.25, 0.3) is 10.2 Å². The molecule has 0 fully saturated rings. The summed E-state index contributed by atoms with van der Waals surface area (Å²) in [6.07, 6.45) is 2.33. The largest absolute Gasteiger partial charge is 0.351 e. The minimum absolute atomic E-state index is 0.204. The smallest absolute Gasteiger partial charge is 0.298 e. The first-order valence-corrected chi connectivity index (χ1v) is 9.03. The lowest BCUT2D eigenvalue weighted by Crippen LogP contribution is -2.33. The quantitative estimate of drug-likeness (QED) is 0.675. The fourth-order valence-corrected chi connectivity index (χ4v) is 3.67. The van der Waals surface area contributed by atoms with Crippen LogP contribution in [0.4, 0.5) is 5.13 Å². The average Bonchev–Trinajstić information content (AvgIpc) is 3.24. The highest BCUT2D eigenvalue weighted by atomic mass is 32.1. The van der Waals surface area contributed by atoms with E-state index in [2.05, 4.69) is 36.0 Å². The average molecular weight is 358 g/mol. The van der Waals surface area contributed by atoms with E-state index in [0.29, 0.717) is 11.7 Å². The molecule has 6 nitrogen and oxygen atoms in total. The van der Waals surface area contributed by atoms with E-state index in [1.54, 1.807) is 11.0 Å². The van der Waals surface area contributed by atoms with Gasteiger partial charge in [-0.25, -0.2) is 4.98 Å². The van der Waals surface area contributed by atoms with Crippen molar-refractivity contribution in [2.45, 2.75) is 20.3 Å². The Labute approximate surface area is 151 Å². The van der Waals surface area contributed by atoms with Gasteiger partial charge < -0.3 is 9.42 Å². The van der Waals surface area contributed by atoms with Gasteiger partial charge in [0, 0.05) is 12.6 Å². The predicted molar refractivity (Wildman–Crippen MR) is 100 cm³/mol. The van der Waals surface area contributed by atoms with Gasteiger partial charge in [-0.05, 0) is 58.1 Å². The number of nitrogens with zero attached hydrogens (tertiary/aromatic N) is 4. The molecule has 3 aromatic rings. The number of amides is 1. The van der Waals surface area contributed by atoms with Gasteiger partial charge in [0.15, 0.2) is 5.13 Å². The standard InChI is InChI=1S/C18H22N4O2S/c1-12-6-7-15-16(13(12)2)20-18(25-15)22(11-5-10-21(3)4)17(23)14-8-9-19-24-14/h6-9H,5,10-11H2,1-4H3. The number of carbonyl (C=O) groups excluding carboxylic acids is 1. The van der Waals surface area contributed by atoms with Gasteiger partial charge in [0.2, 0.25) is 5.76 Å². The Morgan fingerprint density at radius 2 is 2.00 bits per heavy atom. The Kier molecular flexibility index (Phi) is 5.15. The number of benzene rings is 1. The molecule has 25 heavy (non-hydrogen) atoms. The first-order chi connectivity index (χ1) is 12.0. The van der Waals surface area contributed by atoms with Crippen molar-refractivity contribution in [1.29, 1.82) is 0 Å². The lowest BCUT2D eigenvalue weighted by molar-refractivity contribution is 0.0950. The number of hydrogen-bond acceptors (Lipinski definition) is 6. The van der Waals surface area contributed by atoms with Crippen molar-refractivity contribution in [1.82, 2.24) is 15.0 Å². The summed E-state index contributed by atoms with van der Waals surface area (Å²) in [6, 6.07) is 5.74. The zero-order valence-electron chi connectivity index (χ0n) is 14.9. The molecule has 0 saturated heterocycles. The molecule has 0 saturated carbocycles. The molecule has 0 spiro atoms. The van der Waals surface area contributed by atoms with E-state index in [0.717, 1.165) is 28.7 Å². The summed E-state index contributed by atoms with van der Waals surface area (Å²) in [6.45, 7) is 5.61. The van der Waals surface area contributed by atoms with Crippen LogP contribution in [0.15, 0.2) is 28.9 Å². The zero-order chi connectivity index (χ0) is 18.0. The van der Waals surface area contributed by atoms with Gasteiger partial charge in [-0.3, -0.25) is 9.69 Å². The summed E-state index contributed by atoms with van der Waals surface area (Å²) < 4.78 is 6.15. The maximum Gasteiger partial charge on any atom is 0.298 e. The third-order valence-electron chi connectivity index (χ3n) is 4.19. The van der Waals surface area contributed by atoms with Gasteiger partial charge in [0.25, 0.3) is 5.91 Å². The third-order valence-corrected chi connectivity index (χ3v) is 5.23. The van der Waals surface area contributed by atoms with Gasteiger partial charge in [-0.2, -0.15) is 0 Å². The lowest BCUT2D eigenvalue weighted by Gasteiger charge is -2.19. The van der Waals surface area contributed by atoms with Crippen LogP contribution >= 0.6 is 11.3 Å². The maximum absolute atomic E-state index is 12.9. The second-order valence-corrected chi connectivity index (χ2v) is 7.35. The SMILES string of the molecule is Cc1ccc2sc(N(CCCN(C)C)C(=O)c3ccno3)nc2c1C.